The molecule has 0 N–H and O–H groups in total. The third kappa shape index (κ3) is 0.962. The molecule has 1 nitrogen and oxygen atoms in total. The van der Waals surface area contributed by atoms with Crippen LogP contribution in [0.2, 0.25) is 5.02 Å². The van der Waals surface area contributed by atoms with Crippen molar-refractivity contribution < 1.29 is 0 Å². The van der Waals surface area contributed by atoms with Crippen molar-refractivity contribution in [3.05, 3.63) is 21.3 Å². The van der Waals surface area contributed by atoms with Crippen LogP contribution in [0, 0.1) is 11.3 Å². The SMILES string of the molecule is N#CC1(c2sccc2Cl)CC1. The fraction of sp³-hybridized carbons (Fsp3) is 0.375. The van der Waals surface area contributed by atoms with Gasteiger partial charge >= 0.3 is 0 Å². The minimum atomic E-state index is -0.203. The molecule has 0 amide bonds. The molecule has 0 saturated heterocycles. The molecule has 1 aromatic rings. The Balaban J connectivity index is 2.45. The Morgan fingerprint density at radius 1 is 1.64 bits per heavy atom. The first-order valence-corrected chi connectivity index (χ1v) is 4.69. The van der Waals surface area contributed by atoms with E-state index in [1.807, 2.05) is 11.4 Å². The summed E-state index contributed by atoms with van der Waals surface area (Å²) in [5, 5.41) is 11.5. The quantitative estimate of drug-likeness (QED) is 0.657. The molecule has 1 fully saturated rings. The second kappa shape index (κ2) is 2.23. The third-order valence-electron chi connectivity index (χ3n) is 2.02. The van der Waals surface area contributed by atoms with Crippen LogP contribution in [-0.4, -0.2) is 0 Å². The molecule has 1 saturated carbocycles. The van der Waals surface area contributed by atoms with Gasteiger partial charge < -0.3 is 0 Å². The highest BCUT2D eigenvalue weighted by atomic mass is 35.5. The van der Waals surface area contributed by atoms with Gasteiger partial charge in [0.05, 0.1) is 16.5 Å². The first-order valence-electron chi connectivity index (χ1n) is 3.43. The lowest BCUT2D eigenvalue weighted by Gasteiger charge is -2.00. The summed E-state index contributed by atoms with van der Waals surface area (Å²) in [6, 6.07) is 4.18. The molecule has 0 atom stereocenters. The van der Waals surface area contributed by atoms with Crippen LogP contribution >= 0.6 is 22.9 Å². The lowest BCUT2D eigenvalue weighted by atomic mass is 10.1. The van der Waals surface area contributed by atoms with Gasteiger partial charge in [-0.2, -0.15) is 5.26 Å². The van der Waals surface area contributed by atoms with Crippen LogP contribution in [0.25, 0.3) is 0 Å². The number of nitriles is 1. The van der Waals surface area contributed by atoms with Gasteiger partial charge in [0.25, 0.3) is 0 Å². The zero-order valence-electron chi connectivity index (χ0n) is 5.80. The van der Waals surface area contributed by atoms with Crippen LogP contribution in [0.15, 0.2) is 11.4 Å². The van der Waals surface area contributed by atoms with E-state index in [2.05, 4.69) is 6.07 Å². The van der Waals surface area contributed by atoms with Crippen LogP contribution < -0.4 is 0 Å². The maximum Gasteiger partial charge on any atom is 0.0931 e. The molecular formula is C8H6ClNS. The second-order valence-electron chi connectivity index (χ2n) is 2.79. The summed E-state index contributed by atoms with van der Waals surface area (Å²) in [4.78, 5) is 1.06. The number of halogens is 1. The largest absolute Gasteiger partial charge is 0.197 e. The summed E-state index contributed by atoms with van der Waals surface area (Å²) in [7, 11) is 0. The molecule has 0 unspecified atom stereocenters. The van der Waals surface area contributed by atoms with Gasteiger partial charge in [-0.1, -0.05) is 11.6 Å². The van der Waals surface area contributed by atoms with Gasteiger partial charge in [-0.25, -0.2) is 0 Å². The second-order valence-corrected chi connectivity index (χ2v) is 4.11. The van der Waals surface area contributed by atoms with Crippen LogP contribution in [-0.2, 0) is 5.41 Å². The molecule has 1 aromatic heterocycles. The summed E-state index contributed by atoms with van der Waals surface area (Å²) < 4.78 is 0. The van der Waals surface area contributed by atoms with Crippen molar-refractivity contribution in [3.63, 3.8) is 0 Å². The van der Waals surface area contributed by atoms with E-state index < -0.39 is 0 Å². The summed E-state index contributed by atoms with van der Waals surface area (Å²) in [5.74, 6) is 0. The first-order chi connectivity index (χ1) is 5.28. The zero-order chi connectivity index (χ0) is 7.90. The van der Waals surface area contributed by atoms with Gasteiger partial charge in [0.2, 0.25) is 0 Å². The molecule has 0 radical (unpaired) electrons. The molecule has 0 spiro atoms. The van der Waals surface area contributed by atoms with E-state index in [0.29, 0.717) is 0 Å². The van der Waals surface area contributed by atoms with Crippen molar-refractivity contribution >= 4 is 22.9 Å². The molecule has 1 aliphatic rings. The van der Waals surface area contributed by atoms with Crippen molar-refractivity contribution in [2.45, 2.75) is 18.3 Å². The predicted molar refractivity (Wildman–Crippen MR) is 45.9 cm³/mol. The highest BCUT2D eigenvalue weighted by molar-refractivity contribution is 7.10. The maximum absolute atomic E-state index is 8.85. The van der Waals surface area contributed by atoms with E-state index in [9.17, 15) is 0 Å². The lowest BCUT2D eigenvalue weighted by molar-refractivity contribution is 0.937. The highest BCUT2D eigenvalue weighted by Crippen LogP contribution is 2.51. The number of hydrogen-bond acceptors (Lipinski definition) is 2. The molecule has 11 heavy (non-hydrogen) atoms. The fourth-order valence-corrected chi connectivity index (χ4v) is 2.60. The Bertz CT molecular complexity index is 319. The Morgan fingerprint density at radius 2 is 2.36 bits per heavy atom. The van der Waals surface area contributed by atoms with Gasteiger partial charge in [0, 0.05) is 4.88 Å². The normalized spacial score (nSPS) is 19.3. The Hall–Kier alpha value is -0.520. The molecule has 0 aliphatic heterocycles. The Kier molecular flexibility index (Phi) is 1.45. The molecule has 1 heterocycles. The van der Waals surface area contributed by atoms with E-state index >= 15 is 0 Å². The monoisotopic (exact) mass is 183 g/mol. The summed E-state index contributed by atoms with van der Waals surface area (Å²) in [5.41, 5.74) is -0.203. The molecule has 1 aliphatic carbocycles. The molecule has 0 aromatic carbocycles. The molecule has 0 bridgehead atoms. The minimum Gasteiger partial charge on any atom is -0.197 e. The number of hydrogen-bond donors (Lipinski definition) is 0. The average molecular weight is 184 g/mol. The van der Waals surface area contributed by atoms with E-state index in [4.69, 9.17) is 16.9 Å². The van der Waals surface area contributed by atoms with Crippen molar-refractivity contribution in [1.82, 2.24) is 0 Å². The number of rotatable bonds is 1. The lowest BCUT2D eigenvalue weighted by Crippen LogP contribution is -1.98. The van der Waals surface area contributed by atoms with Crippen LogP contribution in [0.3, 0.4) is 0 Å². The maximum atomic E-state index is 8.85. The smallest absolute Gasteiger partial charge is 0.0931 e. The number of thiophene rings is 1. The van der Waals surface area contributed by atoms with Crippen molar-refractivity contribution in [3.8, 4) is 6.07 Å². The van der Waals surface area contributed by atoms with Gasteiger partial charge in [-0.05, 0) is 24.3 Å². The summed E-state index contributed by atoms with van der Waals surface area (Å²) in [6.45, 7) is 0. The van der Waals surface area contributed by atoms with Gasteiger partial charge in [-0.3, -0.25) is 0 Å². The van der Waals surface area contributed by atoms with E-state index in [-0.39, 0.29) is 5.41 Å². The molecule has 56 valence electrons. The van der Waals surface area contributed by atoms with Crippen LogP contribution in [0.4, 0.5) is 0 Å². The van der Waals surface area contributed by atoms with Gasteiger partial charge in [0.1, 0.15) is 0 Å². The Morgan fingerprint density at radius 3 is 2.73 bits per heavy atom. The average Bonchev–Trinajstić information content (AvgIpc) is 2.70. The summed E-state index contributed by atoms with van der Waals surface area (Å²) in [6.07, 6.45) is 1.95. The predicted octanol–water partition coefficient (Wildman–Crippen LogP) is 2.96. The topological polar surface area (TPSA) is 23.8 Å². The van der Waals surface area contributed by atoms with Crippen LogP contribution in [0.5, 0.6) is 0 Å². The van der Waals surface area contributed by atoms with E-state index in [1.165, 1.54) is 0 Å². The minimum absolute atomic E-state index is 0.203. The van der Waals surface area contributed by atoms with E-state index in [1.54, 1.807) is 11.3 Å². The fourth-order valence-electron chi connectivity index (χ4n) is 1.15. The standard InChI is InChI=1S/C8H6ClNS/c9-6-1-4-11-7(6)8(5-10)2-3-8/h1,4H,2-3H2. The van der Waals surface area contributed by atoms with Gasteiger partial charge in [0.15, 0.2) is 0 Å². The third-order valence-corrected chi connectivity index (χ3v) is 3.56. The van der Waals surface area contributed by atoms with E-state index in [0.717, 1.165) is 22.7 Å². The molecule has 3 heteroatoms. The first kappa shape index (κ1) is 7.15. The molecular weight excluding hydrogens is 178 g/mol. The van der Waals surface area contributed by atoms with Crippen LogP contribution in [0.1, 0.15) is 17.7 Å². The number of nitrogens with zero attached hydrogens (tertiary/aromatic N) is 1. The zero-order valence-corrected chi connectivity index (χ0v) is 7.37. The van der Waals surface area contributed by atoms with Crippen molar-refractivity contribution in [1.29, 1.82) is 5.26 Å². The summed E-state index contributed by atoms with van der Waals surface area (Å²) >= 11 is 7.49. The molecule has 2 rings (SSSR count). The van der Waals surface area contributed by atoms with Gasteiger partial charge in [-0.15, -0.1) is 11.3 Å². The highest BCUT2D eigenvalue weighted by Gasteiger charge is 2.47. The van der Waals surface area contributed by atoms with Crippen molar-refractivity contribution in [2.75, 3.05) is 0 Å². The van der Waals surface area contributed by atoms with Crippen molar-refractivity contribution in [2.24, 2.45) is 0 Å². The Labute approximate surface area is 74.2 Å².